The SMILES string of the molecule is CC/C(=N/OCc1ccc(NC(=O)NC(=O)c2c(F)cccc2F)cc1)c1ccccc1. The van der Waals surface area contributed by atoms with Crippen molar-refractivity contribution in [3.63, 3.8) is 0 Å². The maximum atomic E-state index is 13.6. The Balaban J connectivity index is 1.53. The van der Waals surface area contributed by atoms with Crippen molar-refractivity contribution in [2.45, 2.75) is 20.0 Å². The summed E-state index contributed by atoms with van der Waals surface area (Å²) in [7, 11) is 0. The molecule has 0 saturated carbocycles. The number of halogens is 2. The lowest BCUT2D eigenvalue weighted by Crippen LogP contribution is -2.35. The molecule has 2 N–H and O–H groups in total. The van der Waals surface area contributed by atoms with E-state index in [4.69, 9.17) is 4.84 Å². The zero-order chi connectivity index (χ0) is 22.9. The van der Waals surface area contributed by atoms with Crippen molar-refractivity contribution in [2.75, 3.05) is 5.32 Å². The van der Waals surface area contributed by atoms with Gasteiger partial charge in [0.15, 0.2) is 0 Å². The minimum absolute atomic E-state index is 0.230. The van der Waals surface area contributed by atoms with E-state index in [0.717, 1.165) is 41.5 Å². The number of anilines is 1. The molecular weight excluding hydrogens is 416 g/mol. The number of benzene rings is 3. The van der Waals surface area contributed by atoms with Crippen molar-refractivity contribution < 1.29 is 23.2 Å². The summed E-state index contributed by atoms with van der Waals surface area (Å²) in [5, 5.41) is 8.52. The summed E-state index contributed by atoms with van der Waals surface area (Å²) in [5.74, 6) is -3.28. The summed E-state index contributed by atoms with van der Waals surface area (Å²) in [6, 6.07) is 18.5. The predicted molar refractivity (Wildman–Crippen MR) is 117 cm³/mol. The number of nitrogens with one attached hydrogen (secondary N) is 2. The molecule has 8 heteroatoms. The van der Waals surface area contributed by atoms with Crippen LogP contribution in [0.3, 0.4) is 0 Å². The van der Waals surface area contributed by atoms with E-state index in [1.807, 2.05) is 42.6 Å². The zero-order valence-electron chi connectivity index (χ0n) is 17.3. The highest BCUT2D eigenvalue weighted by Crippen LogP contribution is 2.13. The fraction of sp³-hybridized carbons (Fsp3) is 0.125. The van der Waals surface area contributed by atoms with Crippen LogP contribution in [-0.2, 0) is 11.4 Å². The molecule has 3 aromatic carbocycles. The van der Waals surface area contributed by atoms with Crippen LogP contribution in [0, 0.1) is 11.6 Å². The maximum Gasteiger partial charge on any atom is 0.326 e. The average molecular weight is 437 g/mol. The first-order valence-electron chi connectivity index (χ1n) is 9.87. The zero-order valence-corrected chi connectivity index (χ0v) is 17.3. The van der Waals surface area contributed by atoms with Gasteiger partial charge in [-0.15, -0.1) is 0 Å². The third kappa shape index (κ3) is 5.98. The molecular formula is C24H21F2N3O3. The van der Waals surface area contributed by atoms with Gasteiger partial charge in [-0.1, -0.05) is 60.6 Å². The maximum absolute atomic E-state index is 13.6. The van der Waals surface area contributed by atoms with Gasteiger partial charge in [-0.05, 0) is 41.8 Å². The Morgan fingerprint density at radius 1 is 0.906 bits per heavy atom. The number of hydrogen-bond acceptors (Lipinski definition) is 4. The largest absolute Gasteiger partial charge is 0.391 e. The van der Waals surface area contributed by atoms with E-state index in [1.54, 1.807) is 24.3 Å². The lowest BCUT2D eigenvalue weighted by molar-refractivity contribution is 0.0959. The number of hydrogen-bond donors (Lipinski definition) is 2. The van der Waals surface area contributed by atoms with Crippen molar-refractivity contribution >= 4 is 23.3 Å². The van der Waals surface area contributed by atoms with Crippen molar-refractivity contribution in [3.05, 3.63) is 101 Å². The molecule has 0 aliphatic carbocycles. The van der Waals surface area contributed by atoms with Crippen LogP contribution >= 0.6 is 0 Å². The Kier molecular flexibility index (Phi) is 7.64. The Hall–Kier alpha value is -4.07. The highest BCUT2D eigenvalue weighted by molar-refractivity contribution is 6.08. The molecule has 3 amide bonds. The highest BCUT2D eigenvalue weighted by Gasteiger charge is 2.19. The molecule has 3 rings (SSSR count). The second kappa shape index (κ2) is 10.8. The molecule has 0 fully saturated rings. The third-order valence-corrected chi connectivity index (χ3v) is 4.48. The molecule has 0 spiro atoms. The molecule has 0 aromatic heterocycles. The van der Waals surface area contributed by atoms with Crippen LogP contribution in [0.5, 0.6) is 0 Å². The topological polar surface area (TPSA) is 79.8 Å². The second-order valence-corrected chi connectivity index (χ2v) is 6.73. The summed E-state index contributed by atoms with van der Waals surface area (Å²) in [4.78, 5) is 29.4. The van der Waals surface area contributed by atoms with Crippen LogP contribution in [0.4, 0.5) is 19.3 Å². The Bertz CT molecular complexity index is 1100. The summed E-state index contributed by atoms with van der Waals surface area (Å²) in [6.45, 7) is 2.22. The Morgan fingerprint density at radius 2 is 1.56 bits per heavy atom. The molecule has 0 saturated heterocycles. The number of carbonyl (C=O) groups excluding carboxylic acids is 2. The van der Waals surface area contributed by atoms with E-state index < -0.39 is 29.1 Å². The first-order valence-corrected chi connectivity index (χ1v) is 9.87. The average Bonchev–Trinajstić information content (AvgIpc) is 2.78. The number of carbonyl (C=O) groups is 2. The fourth-order valence-corrected chi connectivity index (χ4v) is 2.86. The number of amides is 3. The highest BCUT2D eigenvalue weighted by atomic mass is 19.1. The number of imide groups is 1. The fourth-order valence-electron chi connectivity index (χ4n) is 2.86. The third-order valence-electron chi connectivity index (χ3n) is 4.48. The second-order valence-electron chi connectivity index (χ2n) is 6.73. The molecule has 0 aliphatic heterocycles. The minimum Gasteiger partial charge on any atom is -0.391 e. The smallest absolute Gasteiger partial charge is 0.326 e. The van der Waals surface area contributed by atoms with E-state index >= 15 is 0 Å². The van der Waals surface area contributed by atoms with Crippen LogP contribution in [0.25, 0.3) is 0 Å². The lowest BCUT2D eigenvalue weighted by atomic mass is 10.1. The quantitative estimate of drug-likeness (QED) is 0.391. The molecule has 0 bridgehead atoms. The monoisotopic (exact) mass is 437 g/mol. The van der Waals surface area contributed by atoms with Gasteiger partial charge in [0.2, 0.25) is 0 Å². The van der Waals surface area contributed by atoms with E-state index in [9.17, 15) is 18.4 Å². The molecule has 0 radical (unpaired) electrons. The summed E-state index contributed by atoms with van der Waals surface area (Å²) >= 11 is 0. The molecule has 0 heterocycles. The van der Waals surface area contributed by atoms with Gasteiger partial charge in [0.1, 0.15) is 23.8 Å². The predicted octanol–water partition coefficient (Wildman–Crippen LogP) is 5.26. The Labute approximate surface area is 183 Å². The van der Waals surface area contributed by atoms with Gasteiger partial charge in [0, 0.05) is 5.69 Å². The molecule has 0 unspecified atom stereocenters. The van der Waals surface area contributed by atoms with Gasteiger partial charge in [-0.25, -0.2) is 13.6 Å². The standard InChI is InChI=1S/C24H21F2N3O3/c1-2-21(17-7-4-3-5-8-17)29-32-15-16-11-13-18(14-12-16)27-24(31)28-23(30)22-19(25)9-6-10-20(22)26/h3-14H,2,15H2,1H3,(H2,27,28,30,31)/b29-21-. The molecule has 6 nitrogen and oxygen atoms in total. The number of nitrogens with zero attached hydrogens (tertiary/aromatic N) is 1. The first-order chi connectivity index (χ1) is 15.5. The number of rotatable bonds is 7. The van der Waals surface area contributed by atoms with E-state index in [2.05, 4.69) is 10.5 Å². The number of oxime groups is 1. The van der Waals surface area contributed by atoms with Crippen molar-refractivity contribution in [1.82, 2.24) is 5.32 Å². The summed E-state index contributed by atoms with van der Waals surface area (Å²) < 4.78 is 27.3. The van der Waals surface area contributed by atoms with Crippen molar-refractivity contribution in [3.8, 4) is 0 Å². The van der Waals surface area contributed by atoms with Crippen LogP contribution in [0.1, 0.15) is 34.8 Å². The van der Waals surface area contributed by atoms with Gasteiger partial charge in [-0.2, -0.15) is 0 Å². The van der Waals surface area contributed by atoms with Gasteiger partial charge in [0.05, 0.1) is 5.71 Å². The van der Waals surface area contributed by atoms with E-state index in [0.29, 0.717) is 5.69 Å². The van der Waals surface area contributed by atoms with Gasteiger partial charge in [0.25, 0.3) is 5.91 Å². The lowest BCUT2D eigenvalue weighted by Gasteiger charge is -2.09. The minimum atomic E-state index is -1.17. The van der Waals surface area contributed by atoms with Crippen LogP contribution in [-0.4, -0.2) is 17.6 Å². The van der Waals surface area contributed by atoms with Gasteiger partial charge >= 0.3 is 6.03 Å². The van der Waals surface area contributed by atoms with Crippen molar-refractivity contribution in [1.29, 1.82) is 0 Å². The summed E-state index contributed by atoms with van der Waals surface area (Å²) in [5.41, 5.74) is 2.20. The molecule has 164 valence electrons. The Morgan fingerprint density at radius 3 is 2.19 bits per heavy atom. The van der Waals surface area contributed by atoms with E-state index in [-0.39, 0.29) is 6.61 Å². The van der Waals surface area contributed by atoms with Gasteiger partial charge in [-0.3, -0.25) is 10.1 Å². The van der Waals surface area contributed by atoms with Crippen LogP contribution < -0.4 is 10.6 Å². The van der Waals surface area contributed by atoms with Gasteiger partial charge < -0.3 is 10.2 Å². The summed E-state index contributed by atoms with van der Waals surface area (Å²) in [6.07, 6.45) is 0.720. The normalized spacial score (nSPS) is 11.0. The van der Waals surface area contributed by atoms with Crippen molar-refractivity contribution in [2.24, 2.45) is 5.16 Å². The van der Waals surface area contributed by atoms with Crippen LogP contribution in [0.2, 0.25) is 0 Å². The first kappa shape index (κ1) is 22.6. The molecule has 3 aromatic rings. The molecule has 0 atom stereocenters. The van der Waals surface area contributed by atoms with Crippen LogP contribution in [0.15, 0.2) is 78.0 Å². The molecule has 0 aliphatic rings. The number of urea groups is 1. The van der Waals surface area contributed by atoms with E-state index in [1.165, 1.54) is 0 Å². The molecule has 32 heavy (non-hydrogen) atoms.